The summed E-state index contributed by atoms with van der Waals surface area (Å²) in [5, 5.41) is 0. The maximum absolute atomic E-state index is 12.9. The molecule has 0 heterocycles. The Morgan fingerprint density at radius 2 is 2.14 bits per heavy atom. The van der Waals surface area contributed by atoms with Crippen LogP contribution in [0.2, 0.25) is 0 Å². The van der Waals surface area contributed by atoms with E-state index < -0.39 is 11.8 Å². The quantitative estimate of drug-likeness (QED) is 0.710. The largest absolute Gasteiger partial charge is 0.496 e. The van der Waals surface area contributed by atoms with Gasteiger partial charge in [0.15, 0.2) is 0 Å². The molecule has 1 aromatic carbocycles. The van der Waals surface area contributed by atoms with Crippen LogP contribution in [0, 0.1) is 12.7 Å². The molecule has 76 valence electrons. The zero-order valence-corrected chi connectivity index (χ0v) is 8.99. The second kappa shape index (κ2) is 4.38. The fourth-order valence-corrected chi connectivity index (χ4v) is 1.31. The summed E-state index contributed by atoms with van der Waals surface area (Å²) in [5.74, 6) is -0.834. The first-order chi connectivity index (χ1) is 6.60. The molecule has 0 fully saturated rings. The number of hydrogen-bond acceptors (Lipinski definition) is 3. The molecule has 1 aromatic rings. The second-order valence-corrected chi connectivity index (χ2v) is 2.94. The Bertz CT molecular complexity index is 365. The third kappa shape index (κ3) is 2.02. The van der Waals surface area contributed by atoms with Crippen molar-refractivity contribution in [3.8, 4) is 5.75 Å². The van der Waals surface area contributed by atoms with Gasteiger partial charge in [-0.05, 0) is 18.6 Å². The highest BCUT2D eigenvalue weighted by Gasteiger charge is 2.16. The standard InChI is InChI=1S/C9H10FO3P/c1-5-3-6(10)4-7(12-2)8(5)9(11)13-14/h3-4H,14H2,1-2H3. The van der Waals surface area contributed by atoms with Crippen LogP contribution in [0.25, 0.3) is 0 Å². The maximum atomic E-state index is 12.9. The fraction of sp³-hybridized carbons (Fsp3) is 0.222. The van der Waals surface area contributed by atoms with Crippen molar-refractivity contribution in [3.05, 3.63) is 29.1 Å². The van der Waals surface area contributed by atoms with Gasteiger partial charge in [-0.25, -0.2) is 9.18 Å². The molecule has 3 nitrogen and oxygen atoms in total. The topological polar surface area (TPSA) is 35.5 Å². The van der Waals surface area contributed by atoms with Crippen LogP contribution in [0.3, 0.4) is 0 Å². The van der Waals surface area contributed by atoms with Gasteiger partial charge in [-0.2, -0.15) is 0 Å². The Labute approximate surface area is 83.5 Å². The number of halogens is 1. The zero-order valence-electron chi connectivity index (χ0n) is 7.83. The van der Waals surface area contributed by atoms with Crippen molar-refractivity contribution >= 4 is 15.4 Å². The summed E-state index contributed by atoms with van der Waals surface area (Å²) in [6.07, 6.45) is 0. The van der Waals surface area contributed by atoms with E-state index in [0.29, 0.717) is 5.56 Å². The highest BCUT2D eigenvalue weighted by molar-refractivity contribution is 7.10. The van der Waals surface area contributed by atoms with Crippen LogP contribution in [-0.2, 0) is 4.52 Å². The summed E-state index contributed by atoms with van der Waals surface area (Å²) in [5.41, 5.74) is 0.721. The monoisotopic (exact) mass is 216 g/mol. The molecule has 0 amide bonds. The number of hydrogen-bond donors (Lipinski definition) is 0. The van der Waals surface area contributed by atoms with Crippen molar-refractivity contribution < 1.29 is 18.4 Å². The molecule has 0 bridgehead atoms. The van der Waals surface area contributed by atoms with Gasteiger partial charge in [-0.3, -0.25) is 0 Å². The summed E-state index contributed by atoms with van der Waals surface area (Å²) in [4.78, 5) is 11.3. The van der Waals surface area contributed by atoms with E-state index in [4.69, 9.17) is 4.74 Å². The molecule has 1 unspecified atom stereocenters. The zero-order chi connectivity index (χ0) is 10.7. The molecule has 0 aliphatic carbocycles. The first kappa shape index (κ1) is 10.9. The average molecular weight is 216 g/mol. The number of carbonyl (C=O) groups excluding carboxylic acids is 1. The molecule has 5 heteroatoms. The molecule has 0 aromatic heterocycles. The van der Waals surface area contributed by atoms with Crippen LogP contribution < -0.4 is 4.74 Å². The van der Waals surface area contributed by atoms with Gasteiger partial charge >= 0.3 is 5.97 Å². The summed E-state index contributed by atoms with van der Waals surface area (Å²) in [7, 11) is 3.22. The number of ether oxygens (including phenoxy) is 1. The van der Waals surface area contributed by atoms with E-state index in [1.807, 2.05) is 9.47 Å². The number of aryl methyl sites for hydroxylation is 1. The third-order valence-corrected chi connectivity index (χ3v) is 2.01. The highest BCUT2D eigenvalue weighted by atomic mass is 31.0. The Morgan fingerprint density at radius 3 is 2.64 bits per heavy atom. The smallest absolute Gasteiger partial charge is 0.344 e. The molecule has 1 rings (SSSR count). The lowest BCUT2D eigenvalue weighted by molar-refractivity contribution is 0.0761. The molecular formula is C9H10FO3P. The van der Waals surface area contributed by atoms with Crippen LogP contribution in [0.4, 0.5) is 4.39 Å². The van der Waals surface area contributed by atoms with Gasteiger partial charge in [0.1, 0.15) is 17.1 Å². The van der Waals surface area contributed by atoms with Gasteiger partial charge in [0.2, 0.25) is 0 Å². The number of carbonyl (C=O) groups is 1. The first-order valence-electron chi connectivity index (χ1n) is 3.85. The lowest BCUT2D eigenvalue weighted by Crippen LogP contribution is -2.05. The van der Waals surface area contributed by atoms with E-state index >= 15 is 0 Å². The lowest BCUT2D eigenvalue weighted by Gasteiger charge is -2.09. The highest BCUT2D eigenvalue weighted by Crippen LogP contribution is 2.25. The lowest BCUT2D eigenvalue weighted by atomic mass is 10.1. The van der Waals surface area contributed by atoms with Crippen molar-refractivity contribution in [2.75, 3.05) is 7.11 Å². The summed E-state index contributed by atoms with van der Waals surface area (Å²) >= 11 is 0. The van der Waals surface area contributed by atoms with Crippen molar-refractivity contribution in [1.82, 2.24) is 0 Å². The first-order valence-corrected chi connectivity index (χ1v) is 4.32. The third-order valence-electron chi connectivity index (χ3n) is 1.80. The van der Waals surface area contributed by atoms with E-state index in [9.17, 15) is 9.18 Å². The second-order valence-electron chi connectivity index (χ2n) is 2.71. The SMILES string of the molecule is COc1cc(F)cc(C)c1C(=O)OP. The molecule has 0 saturated carbocycles. The Morgan fingerprint density at radius 1 is 1.50 bits per heavy atom. The predicted molar refractivity (Wildman–Crippen MR) is 52.8 cm³/mol. The molecule has 0 aliphatic heterocycles. The van der Waals surface area contributed by atoms with Gasteiger partial charge in [0.25, 0.3) is 0 Å². The van der Waals surface area contributed by atoms with Crippen molar-refractivity contribution in [2.45, 2.75) is 6.92 Å². The molecule has 0 radical (unpaired) electrons. The van der Waals surface area contributed by atoms with Crippen molar-refractivity contribution in [2.24, 2.45) is 0 Å². The summed E-state index contributed by atoms with van der Waals surface area (Å²) in [6.45, 7) is 1.61. The Kier molecular flexibility index (Phi) is 3.42. The molecule has 0 saturated heterocycles. The maximum Gasteiger partial charge on any atom is 0.344 e. The predicted octanol–water partition coefficient (Wildman–Crippen LogP) is 2.09. The van der Waals surface area contributed by atoms with E-state index in [-0.39, 0.29) is 11.3 Å². The van der Waals surface area contributed by atoms with E-state index in [1.54, 1.807) is 6.92 Å². The van der Waals surface area contributed by atoms with Gasteiger partial charge < -0.3 is 9.26 Å². The van der Waals surface area contributed by atoms with Crippen LogP contribution in [0.5, 0.6) is 5.75 Å². The van der Waals surface area contributed by atoms with Gasteiger partial charge in [-0.15, -0.1) is 0 Å². The average Bonchev–Trinajstić information content (AvgIpc) is 2.15. The molecule has 0 aliphatic rings. The minimum Gasteiger partial charge on any atom is -0.496 e. The Balaban J connectivity index is 3.32. The van der Waals surface area contributed by atoms with E-state index in [1.165, 1.54) is 13.2 Å². The normalized spacial score (nSPS) is 9.71. The number of benzene rings is 1. The van der Waals surface area contributed by atoms with Crippen LogP contribution in [0.1, 0.15) is 15.9 Å². The minimum absolute atomic E-state index is 0.176. The number of rotatable bonds is 2. The van der Waals surface area contributed by atoms with Gasteiger partial charge in [-0.1, -0.05) is 0 Å². The number of methoxy groups -OCH3 is 1. The van der Waals surface area contributed by atoms with E-state index in [2.05, 4.69) is 4.52 Å². The van der Waals surface area contributed by atoms with Gasteiger partial charge in [0.05, 0.1) is 16.6 Å². The van der Waals surface area contributed by atoms with Crippen LogP contribution >= 0.6 is 9.47 Å². The molecule has 0 spiro atoms. The minimum atomic E-state index is -0.565. The van der Waals surface area contributed by atoms with Crippen molar-refractivity contribution in [3.63, 3.8) is 0 Å². The van der Waals surface area contributed by atoms with Crippen molar-refractivity contribution in [1.29, 1.82) is 0 Å². The molecule has 0 N–H and O–H groups in total. The van der Waals surface area contributed by atoms with E-state index in [0.717, 1.165) is 6.07 Å². The molecule has 1 atom stereocenters. The fourth-order valence-electron chi connectivity index (χ4n) is 1.19. The van der Waals surface area contributed by atoms with Crippen LogP contribution in [0.15, 0.2) is 12.1 Å². The summed E-state index contributed by atoms with van der Waals surface area (Å²) in [6, 6.07) is 2.39. The van der Waals surface area contributed by atoms with Gasteiger partial charge in [0, 0.05) is 6.07 Å². The molecule has 14 heavy (non-hydrogen) atoms. The molecular weight excluding hydrogens is 206 g/mol. The summed E-state index contributed by atoms with van der Waals surface area (Å²) < 4.78 is 22.3. The Hall–Kier alpha value is -1.15. The van der Waals surface area contributed by atoms with Crippen LogP contribution in [-0.4, -0.2) is 13.1 Å².